The molecule has 0 saturated carbocycles. The molecule has 0 spiro atoms. The molecule has 0 aliphatic carbocycles. The summed E-state index contributed by atoms with van der Waals surface area (Å²) < 4.78 is 0. The molecule has 0 fully saturated rings. The second-order valence-corrected chi connectivity index (χ2v) is 14.7. The van der Waals surface area contributed by atoms with Gasteiger partial charge in [-0.05, 0) is 0 Å². The predicted molar refractivity (Wildman–Crippen MR) is 39.2 cm³/mol. The average Bonchev–Trinajstić information content (AvgIpc) is 0.811. The molecule has 10 heteroatoms. The molecule has 0 aromatic rings. The second kappa shape index (κ2) is 46.1. The first-order valence-electron chi connectivity index (χ1n) is 0.463. The van der Waals surface area contributed by atoms with Gasteiger partial charge in [0.05, 0.1) is 0 Å². The van der Waals surface area contributed by atoms with E-state index in [1.54, 1.807) is 0 Å². The van der Waals surface area contributed by atoms with Crippen LogP contribution in [0.4, 0.5) is 0 Å². The van der Waals surface area contributed by atoms with Crippen LogP contribution in [0.3, 0.4) is 0 Å². The summed E-state index contributed by atoms with van der Waals surface area (Å²) in [5.41, 5.74) is 0. The number of hydrogen-bond donors (Lipinski definition) is 0. The first kappa shape index (κ1) is 61.4. The Kier molecular flexibility index (Phi) is 283. The first-order valence-corrected chi connectivity index (χ1v) is 13.0. The van der Waals surface area contributed by atoms with Crippen LogP contribution >= 0.6 is 23.9 Å². The summed E-state index contributed by atoms with van der Waals surface area (Å²) in [6.07, 6.45) is 0. The third-order valence-corrected chi connectivity index (χ3v) is 0. The van der Waals surface area contributed by atoms with Crippen molar-refractivity contribution in [1.29, 1.82) is 0 Å². The Balaban J connectivity index is -0.00000000300. The van der Waals surface area contributed by atoms with Crippen LogP contribution in [0.25, 0.3) is 0 Å². The zero-order valence-corrected chi connectivity index (χ0v) is 10.2. The minimum atomic E-state index is -2.21. The van der Waals surface area contributed by atoms with E-state index in [1.807, 2.05) is 0 Å². The van der Waals surface area contributed by atoms with Gasteiger partial charge in [-0.1, -0.05) is 0 Å². The molecule has 0 unspecified atom stereocenters. The fraction of sp³-hybridized carbons (Fsp3) is 0. The van der Waals surface area contributed by atoms with Gasteiger partial charge in [-0.15, -0.1) is 0 Å². The summed E-state index contributed by atoms with van der Waals surface area (Å²) >= 11 is -2.21. The van der Waals surface area contributed by atoms with Crippen molar-refractivity contribution in [3.8, 4) is 0 Å². The molecule has 0 saturated heterocycles. The zero-order chi connectivity index (χ0) is 3.58. The van der Waals surface area contributed by atoms with Crippen LogP contribution in [0.1, 0.15) is 0 Å². The molecule has 75 valence electrons. The van der Waals surface area contributed by atoms with E-state index in [0.29, 0.717) is 0 Å². The Morgan fingerprint density at radius 3 is 0.500 bits per heavy atom. The molecule has 0 aliphatic heterocycles. The van der Waals surface area contributed by atoms with Gasteiger partial charge in [0.2, 0.25) is 0 Å². The summed E-state index contributed by atoms with van der Waals surface area (Å²) in [6.45, 7) is 0. The Labute approximate surface area is 76.8 Å². The van der Waals surface area contributed by atoms with E-state index in [-0.39, 0.29) is 32.9 Å². The van der Waals surface area contributed by atoms with Crippen molar-refractivity contribution in [3.05, 3.63) is 0 Å². The first-order chi connectivity index (χ1) is 1.73. The second-order valence-electron chi connectivity index (χ2n) is 0.175. The Hall–Kier alpha value is 1.62. The predicted octanol–water partition coefficient (Wildman–Crippen LogP) is -2.88. The molecular formula is H12Cl3O6Pu. The van der Waals surface area contributed by atoms with Crippen molar-refractivity contribution in [1.82, 2.24) is 0 Å². The van der Waals surface area contributed by atoms with Crippen LogP contribution in [0.15, 0.2) is 0 Å². The van der Waals surface area contributed by atoms with E-state index in [4.69, 9.17) is 23.9 Å². The molecule has 0 aromatic heterocycles. The van der Waals surface area contributed by atoms with Crippen LogP contribution in [0.5, 0.6) is 0 Å². The third kappa shape index (κ3) is 273. The summed E-state index contributed by atoms with van der Waals surface area (Å²) in [7, 11) is 15.0. The van der Waals surface area contributed by atoms with Crippen LogP contribution in [-0.2, 0) is 0 Å². The average molecular weight is 458 g/mol. The maximum atomic E-state index is 5.01. The molecular weight excluding hydrogens is 446 g/mol. The molecule has 12 N–H and O–H groups in total. The van der Waals surface area contributed by atoms with Crippen molar-refractivity contribution in [3.63, 3.8) is 0 Å². The summed E-state index contributed by atoms with van der Waals surface area (Å²) in [5, 5.41) is 0. The quantitative estimate of drug-likeness (QED) is 0.361. The van der Waals surface area contributed by atoms with E-state index >= 15 is 0 Å². The van der Waals surface area contributed by atoms with Gasteiger partial charge in [0.1, 0.15) is 0 Å². The van der Waals surface area contributed by atoms with Crippen molar-refractivity contribution in [2.45, 2.75) is 0 Å². The molecule has 0 atom stereocenters. The number of halogens is 3. The minimum absolute atomic E-state index is 0. The Bertz CT molecular complexity index is 17.7. The molecule has 0 aliphatic rings. The molecule has 6 nitrogen and oxygen atoms in total. The van der Waals surface area contributed by atoms with Gasteiger partial charge in [0.25, 0.3) is 0 Å². The molecule has 0 bridgehead atoms. The summed E-state index contributed by atoms with van der Waals surface area (Å²) in [6, 6.07) is 0. The molecule has 0 heterocycles. The van der Waals surface area contributed by atoms with Crippen molar-refractivity contribution in [2.75, 3.05) is 0 Å². The van der Waals surface area contributed by atoms with E-state index in [2.05, 4.69) is 0 Å². The molecule has 0 rings (SSSR count). The molecule has 0 aromatic carbocycles. The maximum absolute atomic E-state index is 5.01. The van der Waals surface area contributed by atoms with E-state index in [1.165, 1.54) is 0 Å². The van der Waals surface area contributed by atoms with Crippen LogP contribution in [-0.4, -0.2) is 32.9 Å². The number of rotatable bonds is 0. The van der Waals surface area contributed by atoms with Gasteiger partial charge in [-0.2, -0.15) is 0 Å². The normalized spacial score (nSPS) is 2.70. The summed E-state index contributed by atoms with van der Waals surface area (Å²) in [4.78, 5) is 0. The van der Waals surface area contributed by atoms with Gasteiger partial charge in [-0.3, -0.25) is 0 Å². The topological polar surface area (TPSA) is 189 Å². The number of hydrogen-bond acceptors (Lipinski definition) is 0. The van der Waals surface area contributed by atoms with E-state index < -0.39 is 20.5 Å². The fourth-order valence-electron chi connectivity index (χ4n) is 0. The molecule has 10 heavy (non-hydrogen) atoms. The zero-order valence-electron chi connectivity index (χ0n) is 4.54. The van der Waals surface area contributed by atoms with Crippen LogP contribution in [0, 0.1) is 20.5 Å². The van der Waals surface area contributed by atoms with E-state index in [9.17, 15) is 0 Å². The fourth-order valence-corrected chi connectivity index (χ4v) is 0. The Morgan fingerprint density at radius 1 is 0.500 bits per heavy atom. The van der Waals surface area contributed by atoms with Gasteiger partial charge in [-0.25, -0.2) is 0 Å². The van der Waals surface area contributed by atoms with Gasteiger partial charge >= 0.3 is 44.4 Å². The Morgan fingerprint density at radius 2 is 0.500 bits per heavy atom. The van der Waals surface area contributed by atoms with Gasteiger partial charge < -0.3 is 32.9 Å². The van der Waals surface area contributed by atoms with Gasteiger partial charge in [0.15, 0.2) is 0 Å². The summed E-state index contributed by atoms with van der Waals surface area (Å²) in [5.74, 6) is 0. The van der Waals surface area contributed by atoms with Crippen molar-refractivity contribution < 1.29 is 53.4 Å². The molecule has 0 amide bonds. The van der Waals surface area contributed by atoms with Crippen molar-refractivity contribution >= 4 is 23.9 Å². The van der Waals surface area contributed by atoms with Gasteiger partial charge in [0, 0.05) is 0 Å². The standard InChI is InChI=1S/3ClH.6H2O.Pu/h3*1H;6*1H2;/q;;;;;;;;;+3/p-3. The van der Waals surface area contributed by atoms with Crippen molar-refractivity contribution in [2.24, 2.45) is 0 Å². The monoisotopic (exact) mass is 451 g/mol. The SMILES string of the molecule is O.O.O.O.O.O.[Cl][Pu]([Cl])[Cl]. The van der Waals surface area contributed by atoms with E-state index in [0.717, 1.165) is 0 Å². The molecule has 0 radical (unpaired) electrons. The van der Waals surface area contributed by atoms with Crippen LogP contribution in [0.2, 0.25) is 0 Å². The van der Waals surface area contributed by atoms with Crippen LogP contribution < -0.4 is 0 Å². The third-order valence-electron chi connectivity index (χ3n) is 0.